The molecule has 2 atom stereocenters. The van der Waals surface area contributed by atoms with Gasteiger partial charge in [-0.05, 0) is 63.8 Å². The number of amides is 1. The second-order valence-corrected chi connectivity index (χ2v) is 8.84. The number of halogens is 1. The van der Waals surface area contributed by atoms with Crippen molar-refractivity contribution in [3.8, 4) is 11.4 Å². The first-order valence-corrected chi connectivity index (χ1v) is 11.3. The molecule has 2 saturated heterocycles. The van der Waals surface area contributed by atoms with Crippen molar-refractivity contribution in [2.24, 2.45) is 0 Å². The molecule has 2 unspecified atom stereocenters. The van der Waals surface area contributed by atoms with E-state index in [9.17, 15) is 9.18 Å². The molecule has 0 N–H and O–H groups in total. The van der Waals surface area contributed by atoms with Gasteiger partial charge in [0, 0.05) is 44.3 Å². The van der Waals surface area contributed by atoms with Crippen molar-refractivity contribution in [3.05, 3.63) is 35.5 Å². The lowest BCUT2D eigenvalue weighted by atomic mass is 10.0. The van der Waals surface area contributed by atoms with Gasteiger partial charge in [-0.25, -0.2) is 4.39 Å². The molecule has 2 aromatic rings. The van der Waals surface area contributed by atoms with Crippen molar-refractivity contribution >= 4 is 5.91 Å². The summed E-state index contributed by atoms with van der Waals surface area (Å²) in [6, 6.07) is 5.17. The van der Waals surface area contributed by atoms with E-state index in [0.717, 1.165) is 51.1 Å². The maximum Gasteiger partial charge on any atom is 0.244 e. The number of nitrogens with zero attached hydrogens (tertiary/aromatic N) is 5. The Morgan fingerprint density at radius 2 is 2.00 bits per heavy atom. The number of carbonyl (C=O) groups excluding carboxylic acids is 1. The first-order valence-electron chi connectivity index (χ1n) is 11.3. The number of likely N-dealkylation sites (tertiary alicyclic amines) is 1. The van der Waals surface area contributed by atoms with E-state index in [1.807, 2.05) is 0 Å². The fourth-order valence-corrected chi connectivity index (χ4v) is 4.52. The van der Waals surface area contributed by atoms with Crippen molar-refractivity contribution in [2.75, 3.05) is 39.3 Å². The Kier molecular flexibility index (Phi) is 6.67. The molecule has 1 amide bonds. The summed E-state index contributed by atoms with van der Waals surface area (Å²) >= 11 is 0. The zero-order chi connectivity index (χ0) is 22.0. The topological polar surface area (TPSA) is 65.7 Å². The molecule has 0 radical (unpaired) electrons. The van der Waals surface area contributed by atoms with Gasteiger partial charge in [0.05, 0.1) is 12.6 Å². The van der Waals surface area contributed by atoms with Gasteiger partial charge in [0.15, 0.2) is 0 Å². The minimum atomic E-state index is -0.244. The Morgan fingerprint density at radius 3 is 2.71 bits per heavy atom. The predicted molar refractivity (Wildman–Crippen MR) is 116 cm³/mol. The Hall–Kier alpha value is -2.32. The lowest BCUT2D eigenvalue weighted by Crippen LogP contribution is -2.52. The van der Waals surface area contributed by atoms with E-state index in [2.05, 4.69) is 38.7 Å². The van der Waals surface area contributed by atoms with Crippen molar-refractivity contribution in [2.45, 2.75) is 52.1 Å². The molecular weight excluding hydrogens is 397 g/mol. The van der Waals surface area contributed by atoms with Crippen LogP contribution in [-0.2, 0) is 4.79 Å². The van der Waals surface area contributed by atoms with Gasteiger partial charge in [0.25, 0.3) is 0 Å². The van der Waals surface area contributed by atoms with E-state index in [4.69, 9.17) is 4.52 Å². The number of aromatic nitrogens is 2. The zero-order valence-corrected chi connectivity index (χ0v) is 18.7. The number of benzene rings is 1. The maximum absolute atomic E-state index is 13.5. The molecule has 1 aromatic heterocycles. The van der Waals surface area contributed by atoms with Crippen molar-refractivity contribution in [1.29, 1.82) is 0 Å². The highest BCUT2D eigenvalue weighted by Crippen LogP contribution is 2.25. The largest absolute Gasteiger partial charge is 0.339 e. The standard InChI is InChI=1S/C23H32FN5O2/c1-16-14-19(7-8-20(16)24)22-25-23(31-26-22)18(3)28-12-10-27(11-13-28)15-21(30)29-9-5-4-6-17(29)2/h7-8,14,17-18H,4-6,9-13,15H2,1-3H3. The van der Waals surface area contributed by atoms with Crippen LogP contribution in [-0.4, -0.2) is 76.1 Å². The van der Waals surface area contributed by atoms with Crippen LogP contribution < -0.4 is 0 Å². The van der Waals surface area contributed by atoms with Gasteiger partial charge >= 0.3 is 0 Å². The van der Waals surface area contributed by atoms with E-state index in [1.165, 1.54) is 12.5 Å². The summed E-state index contributed by atoms with van der Waals surface area (Å²) in [5.41, 5.74) is 1.30. The molecule has 2 aliphatic rings. The average Bonchev–Trinajstić information content (AvgIpc) is 3.26. The molecule has 2 aliphatic heterocycles. The maximum atomic E-state index is 13.5. The van der Waals surface area contributed by atoms with E-state index in [-0.39, 0.29) is 17.8 Å². The zero-order valence-electron chi connectivity index (χ0n) is 18.7. The van der Waals surface area contributed by atoms with Crippen LogP contribution in [0.2, 0.25) is 0 Å². The van der Waals surface area contributed by atoms with Crippen LogP contribution in [0.5, 0.6) is 0 Å². The van der Waals surface area contributed by atoms with Crippen molar-refractivity contribution in [1.82, 2.24) is 24.8 Å². The third-order valence-corrected chi connectivity index (χ3v) is 6.65. The van der Waals surface area contributed by atoms with Crippen LogP contribution in [0.15, 0.2) is 22.7 Å². The molecule has 168 valence electrons. The minimum absolute atomic E-state index is 0.0113. The summed E-state index contributed by atoms with van der Waals surface area (Å²) < 4.78 is 19.0. The number of hydrogen-bond donors (Lipinski definition) is 0. The summed E-state index contributed by atoms with van der Waals surface area (Å²) in [6.07, 6.45) is 3.45. The SMILES string of the molecule is Cc1cc(-c2noc(C(C)N3CCN(CC(=O)N4CCCCC4C)CC3)n2)ccc1F. The third kappa shape index (κ3) is 4.96. The van der Waals surface area contributed by atoms with Gasteiger partial charge in [-0.1, -0.05) is 5.16 Å². The Balaban J connectivity index is 1.31. The van der Waals surface area contributed by atoms with Gasteiger partial charge in [0.2, 0.25) is 17.6 Å². The second kappa shape index (κ2) is 9.44. The number of carbonyl (C=O) groups is 1. The van der Waals surface area contributed by atoms with Crippen LogP contribution in [0.4, 0.5) is 4.39 Å². The predicted octanol–water partition coefficient (Wildman–Crippen LogP) is 3.26. The van der Waals surface area contributed by atoms with Crippen LogP contribution in [0.25, 0.3) is 11.4 Å². The number of hydrogen-bond acceptors (Lipinski definition) is 6. The molecule has 0 saturated carbocycles. The summed E-state index contributed by atoms with van der Waals surface area (Å²) in [7, 11) is 0. The lowest BCUT2D eigenvalue weighted by Gasteiger charge is -2.39. The van der Waals surface area contributed by atoms with Crippen molar-refractivity contribution < 1.29 is 13.7 Å². The first kappa shape index (κ1) is 21.9. The number of rotatable bonds is 5. The fraction of sp³-hybridized carbons (Fsp3) is 0.609. The summed E-state index contributed by atoms with van der Waals surface area (Å²) in [5.74, 6) is 1.05. The van der Waals surface area contributed by atoms with E-state index in [0.29, 0.717) is 29.9 Å². The Labute approximate surface area is 183 Å². The third-order valence-electron chi connectivity index (χ3n) is 6.65. The van der Waals surface area contributed by atoms with Crippen LogP contribution in [0, 0.1) is 12.7 Å². The molecule has 1 aromatic carbocycles. The van der Waals surface area contributed by atoms with Gasteiger partial charge in [-0.2, -0.15) is 4.98 Å². The van der Waals surface area contributed by atoms with Gasteiger partial charge in [0.1, 0.15) is 5.82 Å². The molecule has 0 bridgehead atoms. The molecule has 31 heavy (non-hydrogen) atoms. The van der Waals surface area contributed by atoms with Crippen LogP contribution in [0.3, 0.4) is 0 Å². The monoisotopic (exact) mass is 429 g/mol. The average molecular weight is 430 g/mol. The summed E-state index contributed by atoms with van der Waals surface area (Å²) in [4.78, 5) is 23.9. The van der Waals surface area contributed by atoms with E-state index < -0.39 is 0 Å². The Bertz CT molecular complexity index is 909. The van der Waals surface area contributed by atoms with Gasteiger partial charge in [-0.3, -0.25) is 14.6 Å². The highest BCUT2D eigenvalue weighted by atomic mass is 19.1. The quantitative estimate of drug-likeness (QED) is 0.727. The normalized spacial score (nSPS) is 21.9. The van der Waals surface area contributed by atoms with Gasteiger partial charge in [-0.15, -0.1) is 0 Å². The smallest absolute Gasteiger partial charge is 0.244 e. The number of piperazine rings is 1. The number of piperidine rings is 1. The summed E-state index contributed by atoms with van der Waals surface area (Å²) in [5, 5.41) is 4.09. The molecule has 2 fully saturated rings. The summed E-state index contributed by atoms with van der Waals surface area (Å²) in [6.45, 7) is 10.7. The molecule has 7 nitrogen and oxygen atoms in total. The molecule has 4 rings (SSSR count). The van der Waals surface area contributed by atoms with Crippen molar-refractivity contribution in [3.63, 3.8) is 0 Å². The van der Waals surface area contributed by atoms with Crippen LogP contribution >= 0.6 is 0 Å². The first-order chi connectivity index (χ1) is 14.9. The molecule has 8 heteroatoms. The molecule has 0 aliphatic carbocycles. The van der Waals surface area contributed by atoms with E-state index in [1.54, 1.807) is 19.1 Å². The second-order valence-electron chi connectivity index (χ2n) is 8.84. The Morgan fingerprint density at radius 1 is 1.23 bits per heavy atom. The molecular formula is C23H32FN5O2. The lowest BCUT2D eigenvalue weighted by molar-refractivity contribution is -0.136. The minimum Gasteiger partial charge on any atom is -0.339 e. The highest BCUT2D eigenvalue weighted by molar-refractivity contribution is 5.78. The van der Waals surface area contributed by atoms with Gasteiger partial charge < -0.3 is 9.42 Å². The molecule has 0 spiro atoms. The van der Waals surface area contributed by atoms with Crippen LogP contribution in [0.1, 0.15) is 50.6 Å². The number of aryl methyl sites for hydroxylation is 1. The van der Waals surface area contributed by atoms with E-state index >= 15 is 0 Å². The highest BCUT2D eigenvalue weighted by Gasteiger charge is 2.29. The fourth-order valence-electron chi connectivity index (χ4n) is 4.52. The molecule has 3 heterocycles.